The summed E-state index contributed by atoms with van der Waals surface area (Å²) >= 11 is 1.23. The quantitative estimate of drug-likeness (QED) is 0.584. The Bertz CT molecular complexity index is 816. The van der Waals surface area contributed by atoms with Crippen molar-refractivity contribution in [1.29, 1.82) is 0 Å². The Morgan fingerprint density at radius 3 is 2.86 bits per heavy atom. The van der Waals surface area contributed by atoms with Gasteiger partial charge < -0.3 is 5.32 Å². The molecular formula is C21H24FN3O2S. The second-order valence-electron chi connectivity index (χ2n) is 6.87. The van der Waals surface area contributed by atoms with Gasteiger partial charge in [0.15, 0.2) is 5.17 Å². The van der Waals surface area contributed by atoms with Gasteiger partial charge in [0, 0.05) is 12.6 Å². The average Bonchev–Trinajstić information content (AvgIpc) is 2.97. The van der Waals surface area contributed by atoms with E-state index in [1.165, 1.54) is 35.2 Å². The van der Waals surface area contributed by atoms with Gasteiger partial charge in [-0.15, -0.1) is 6.58 Å². The molecule has 0 spiro atoms. The Morgan fingerprint density at radius 2 is 2.14 bits per heavy atom. The second-order valence-corrected chi connectivity index (χ2v) is 7.82. The van der Waals surface area contributed by atoms with Crippen LogP contribution in [0.5, 0.6) is 0 Å². The van der Waals surface area contributed by atoms with Crippen LogP contribution in [0.1, 0.15) is 37.7 Å². The molecule has 148 valence electrons. The maximum Gasteiger partial charge on any atom is 0.278 e. The van der Waals surface area contributed by atoms with Gasteiger partial charge in [-0.1, -0.05) is 49.2 Å². The van der Waals surface area contributed by atoms with Gasteiger partial charge in [0.1, 0.15) is 11.5 Å². The molecule has 0 atom stereocenters. The molecule has 0 saturated heterocycles. The maximum absolute atomic E-state index is 13.4. The molecule has 1 aliphatic carbocycles. The third-order valence-electron chi connectivity index (χ3n) is 4.68. The predicted molar refractivity (Wildman–Crippen MR) is 111 cm³/mol. The van der Waals surface area contributed by atoms with Crippen molar-refractivity contribution in [1.82, 2.24) is 10.2 Å². The summed E-state index contributed by atoms with van der Waals surface area (Å²) in [4.78, 5) is 30.8. The topological polar surface area (TPSA) is 61.8 Å². The van der Waals surface area contributed by atoms with Crippen molar-refractivity contribution < 1.29 is 14.0 Å². The van der Waals surface area contributed by atoms with E-state index in [9.17, 15) is 14.0 Å². The van der Waals surface area contributed by atoms with Crippen LogP contribution in [0, 0.1) is 5.82 Å². The van der Waals surface area contributed by atoms with Gasteiger partial charge in [-0.3, -0.25) is 14.5 Å². The van der Waals surface area contributed by atoms with E-state index in [2.05, 4.69) is 16.9 Å². The van der Waals surface area contributed by atoms with E-state index in [0.29, 0.717) is 17.3 Å². The standard InChI is InChI=1S/C21H24FN3O2S/c1-2-11-25-20(27)18(13-15-7-6-8-16(22)12-15)24-21(25)28-14-19(26)23-17-9-4-3-5-10-17/h2,6-8,12-13,17H,1,3-5,9-11,14H2,(H,23,26)/b18-13-. The highest BCUT2D eigenvalue weighted by Gasteiger charge is 2.30. The predicted octanol–water partition coefficient (Wildman–Crippen LogP) is 3.73. The molecule has 28 heavy (non-hydrogen) atoms. The normalized spacial score (nSPS) is 19.0. The van der Waals surface area contributed by atoms with Gasteiger partial charge in [0.05, 0.1) is 5.75 Å². The lowest BCUT2D eigenvalue weighted by atomic mass is 9.95. The molecule has 1 aromatic carbocycles. The number of hydrogen-bond donors (Lipinski definition) is 1. The number of aliphatic imine (C=N–C) groups is 1. The highest BCUT2D eigenvalue weighted by Crippen LogP contribution is 2.24. The molecule has 1 heterocycles. The lowest BCUT2D eigenvalue weighted by Crippen LogP contribution is -2.38. The van der Waals surface area contributed by atoms with E-state index in [1.54, 1.807) is 24.3 Å². The fourth-order valence-electron chi connectivity index (χ4n) is 3.33. The zero-order valence-electron chi connectivity index (χ0n) is 15.7. The molecule has 1 saturated carbocycles. The summed E-state index contributed by atoms with van der Waals surface area (Å²) < 4.78 is 13.4. The molecule has 3 rings (SSSR count). The van der Waals surface area contributed by atoms with Crippen molar-refractivity contribution in [2.24, 2.45) is 4.99 Å². The summed E-state index contributed by atoms with van der Waals surface area (Å²) in [6, 6.07) is 6.23. The molecule has 2 aliphatic rings. The molecular weight excluding hydrogens is 377 g/mol. The molecule has 0 bridgehead atoms. The number of benzene rings is 1. The molecule has 7 heteroatoms. The Hall–Kier alpha value is -2.41. The first-order valence-corrected chi connectivity index (χ1v) is 10.5. The zero-order chi connectivity index (χ0) is 19.9. The summed E-state index contributed by atoms with van der Waals surface area (Å²) in [5.41, 5.74) is 0.787. The number of thioether (sulfide) groups is 1. The third kappa shape index (κ3) is 5.32. The first-order chi connectivity index (χ1) is 13.6. The van der Waals surface area contributed by atoms with Crippen molar-refractivity contribution in [2.45, 2.75) is 38.1 Å². The number of carbonyl (C=O) groups excluding carboxylic acids is 2. The lowest BCUT2D eigenvalue weighted by molar-refractivity contribution is -0.122. The van der Waals surface area contributed by atoms with Crippen LogP contribution in [-0.2, 0) is 9.59 Å². The summed E-state index contributed by atoms with van der Waals surface area (Å²) in [6.45, 7) is 3.98. The van der Waals surface area contributed by atoms with Crippen LogP contribution in [0.4, 0.5) is 4.39 Å². The second kappa shape index (κ2) is 9.68. The van der Waals surface area contributed by atoms with E-state index in [0.717, 1.165) is 25.7 Å². The minimum atomic E-state index is -0.374. The fraction of sp³-hybridized carbons (Fsp3) is 0.381. The molecule has 2 amide bonds. The number of amidine groups is 1. The summed E-state index contributed by atoms with van der Waals surface area (Å²) in [6.07, 6.45) is 8.76. The van der Waals surface area contributed by atoms with Gasteiger partial charge in [-0.2, -0.15) is 0 Å². The van der Waals surface area contributed by atoms with Crippen LogP contribution in [-0.4, -0.2) is 40.2 Å². The van der Waals surface area contributed by atoms with Crippen LogP contribution in [0.15, 0.2) is 47.6 Å². The number of halogens is 1. The first-order valence-electron chi connectivity index (χ1n) is 9.47. The Balaban J connectivity index is 1.67. The number of nitrogens with zero attached hydrogens (tertiary/aromatic N) is 2. The van der Waals surface area contributed by atoms with Crippen molar-refractivity contribution in [3.8, 4) is 0 Å². The smallest absolute Gasteiger partial charge is 0.278 e. The molecule has 1 aliphatic heterocycles. The van der Waals surface area contributed by atoms with Crippen molar-refractivity contribution >= 4 is 34.8 Å². The van der Waals surface area contributed by atoms with Gasteiger partial charge in [-0.25, -0.2) is 9.38 Å². The highest BCUT2D eigenvalue weighted by atomic mass is 32.2. The van der Waals surface area contributed by atoms with Crippen molar-refractivity contribution in [3.05, 3.63) is 54.0 Å². The molecule has 5 nitrogen and oxygen atoms in total. The average molecular weight is 402 g/mol. The molecule has 0 aromatic heterocycles. The highest BCUT2D eigenvalue weighted by molar-refractivity contribution is 8.14. The third-order valence-corrected chi connectivity index (χ3v) is 5.65. The van der Waals surface area contributed by atoms with E-state index in [4.69, 9.17) is 0 Å². The van der Waals surface area contributed by atoms with Gasteiger partial charge >= 0.3 is 0 Å². The van der Waals surface area contributed by atoms with Crippen molar-refractivity contribution in [2.75, 3.05) is 12.3 Å². The largest absolute Gasteiger partial charge is 0.353 e. The minimum absolute atomic E-state index is 0.0480. The van der Waals surface area contributed by atoms with Crippen LogP contribution < -0.4 is 5.32 Å². The van der Waals surface area contributed by atoms with Gasteiger partial charge in [0.2, 0.25) is 5.91 Å². The van der Waals surface area contributed by atoms with E-state index in [1.807, 2.05) is 0 Å². The van der Waals surface area contributed by atoms with Crippen LogP contribution in [0.25, 0.3) is 6.08 Å². The number of carbonyl (C=O) groups is 2. The Labute approximate surface area is 168 Å². The van der Waals surface area contributed by atoms with Gasteiger partial charge in [-0.05, 0) is 36.6 Å². The van der Waals surface area contributed by atoms with Crippen LogP contribution in [0.3, 0.4) is 0 Å². The lowest BCUT2D eigenvalue weighted by Gasteiger charge is -2.22. The zero-order valence-corrected chi connectivity index (χ0v) is 16.5. The Kier molecular flexibility index (Phi) is 7.03. The Morgan fingerprint density at radius 1 is 1.36 bits per heavy atom. The SMILES string of the molecule is C=CCN1C(=O)/C(=C/c2cccc(F)c2)N=C1SCC(=O)NC1CCCCC1. The molecule has 0 radical (unpaired) electrons. The number of amides is 2. The van der Waals surface area contributed by atoms with E-state index in [-0.39, 0.29) is 35.1 Å². The molecule has 1 fully saturated rings. The molecule has 1 aromatic rings. The van der Waals surface area contributed by atoms with Crippen LogP contribution in [0.2, 0.25) is 0 Å². The molecule has 0 unspecified atom stereocenters. The fourth-order valence-corrected chi connectivity index (χ4v) is 4.15. The number of rotatable bonds is 6. The number of nitrogens with one attached hydrogen (secondary N) is 1. The maximum atomic E-state index is 13.4. The van der Waals surface area contributed by atoms with Crippen molar-refractivity contribution in [3.63, 3.8) is 0 Å². The summed E-state index contributed by atoms with van der Waals surface area (Å²) in [5, 5.41) is 3.53. The molecule has 1 N–H and O–H groups in total. The summed E-state index contributed by atoms with van der Waals surface area (Å²) in [5.74, 6) is -0.503. The minimum Gasteiger partial charge on any atom is -0.353 e. The van der Waals surface area contributed by atoms with E-state index >= 15 is 0 Å². The first kappa shape index (κ1) is 20.3. The summed E-state index contributed by atoms with van der Waals surface area (Å²) in [7, 11) is 0. The van der Waals surface area contributed by atoms with Crippen LogP contribution >= 0.6 is 11.8 Å². The van der Waals surface area contributed by atoms with Gasteiger partial charge in [0.25, 0.3) is 5.91 Å². The number of hydrogen-bond acceptors (Lipinski definition) is 4. The monoisotopic (exact) mass is 401 g/mol. The van der Waals surface area contributed by atoms with E-state index < -0.39 is 0 Å².